The fourth-order valence-electron chi connectivity index (χ4n) is 3.44. The normalized spacial score (nSPS) is 12.4. The molecule has 2 N–H and O–H groups in total. The smallest absolute Gasteiger partial charge is 0.150 e. The first-order chi connectivity index (χ1) is 14.5. The van der Waals surface area contributed by atoms with Gasteiger partial charge >= 0.3 is 0 Å². The molecule has 0 saturated carbocycles. The molecule has 0 amide bonds. The summed E-state index contributed by atoms with van der Waals surface area (Å²) in [5.41, 5.74) is 12.5. The zero-order valence-electron chi connectivity index (χ0n) is 19.7. The lowest BCUT2D eigenvalue weighted by molar-refractivity contribution is 0.397. The molecule has 4 heteroatoms. The van der Waals surface area contributed by atoms with Gasteiger partial charge in [0.1, 0.15) is 17.1 Å². The van der Waals surface area contributed by atoms with Gasteiger partial charge in [-0.25, -0.2) is 0 Å². The maximum Gasteiger partial charge on any atom is 0.150 e. The largest absolute Gasteiger partial charge is 0.494 e. The SMILES string of the molecule is COc1c(N=Nc2cc(-c3ccccc3)ccc2N)cc(C(C)(C)C)cc1C(C)(C)C. The predicted octanol–water partition coefficient (Wildman–Crippen LogP) is 7.95. The summed E-state index contributed by atoms with van der Waals surface area (Å²) in [5, 5.41) is 9.15. The number of nitrogen functional groups attached to an aromatic ring is 1. The Labute approximate surface area is 186 Å². The van der Waals surface area contributed by atoms with Gasteiger partial charge in [0.15, 0.2) is 0 Å². The van der Waals surface area contributed by atoms with Crippen molar-refractivity contribution in [1.82, 2.24) is 0 Å². The number of hydrogen-bond acceptors (Lipinski definition) is 4. The molecular formula is C27H33N3O. The molecule has 3 aromatic rings. The van der Waals surface area contributed by atoms with Crippen LogP contribution in [0.25, 0.3) is 11.1 Å². The fourth-order valence-corrected chi connectivity index (χ4v) is 3.44. The Kier molecular flexibility index (Phi) is 6.21. The molecular weight excluding hydrogens is 382 g/mol. The van der Waals surface area contributed by atoms with E-state index in [4.69, 9.17) is 10.5 Å². The molecule has 0 saturated heterocycles. The van der Waals surface area contributed by atoms with Crippen LogP contribution >= 0.6 is 0 Å². The van der Waals surface area contributed by atoms with Gasteiger partial charge in [0.05, 0.1) is 12.8 Å². The number of anilines is 1. The van der Waals surface area contributed by atoms with Crippen LogP contribution in [-0.2, 0) is 10.8 Å². The van der Waals surface area contributed by atoms with Crippen LogP contribution in [0.4, 0.5) is 17.1 Å². The van der Waals surface area contributed by atoms with Crippen LogP contribution in [0.5, 0.6) is 5.75 Å². The van der Waals surface area contributed by atoms with Crippen LogP contribution in [0.2, 0.25) is 0 Å². The van der Waals surface area contributed by atoms with Crippen molar-refractivity contribution >= 4 is 17.1 Å². The van der Waals surface area contributed by atoms with Crippen molar-refractivity contribution in [2.45, 2.75) is 52.4 Å². The minimum Gasteiger partial charge on any atom is -0.494 e. The Morgan fingerprint density at radius 3 is 1.94 bits per heavy atom. The average Bonchev–Trinajstić information content (AvgIpc) is 2.71. The van der Waals surface area contributed by atoms with E-state index in [1.165, 1.54) is 5.56 Å². The molecule has 4 nitrogen and oxygen atoms in total. The van der Waals surface area contributed by atoms with Gasteiger partial charge in [-0.2, -0.15) is 0 Å². The van der Waals surface area contributed by atoms with E-state index in [9.17, 15) is 0 Å². The summed E-state index contributed by atoms with van der Waals surface area (Å²) >= 11 is 0. The topological polar surface area (TPSA) is 60.0 Å². The van der Waals surface area contributed by atoms with Crippen molar-refractivity contribution in [2.24, 2.45) is 10.2 Å². The number of ether oxygens (including phenoxy) is 1. The summed E-state index contributed by atoms with van der Waals surface area (Å²) in [6.45, 7) is 13.1. The number of nitrogens with zero attached hydrogens (tertiary/aromatic N) is 2. The third-order valence-electron chi connectivity index (χ3n) is 5.35. The first-order valence-corrected chi connectivity index (χ1v) is 10.6. The van der Waals surface area contributed by atoms with E-state index < -0.39 is 0 Å². The van der Waals surface area contributed by atoms with Gasteiger partial charge < -0.3 is 10.5 Å². The maximum absolute atomic E-state index is 6.22. The van der Waals surface area contributed by atoms with Crippen LogP contribution in [0.3, 0.4) is 0 Å². The van der Waals surface area contributed by atoms with Gasteiger partial charge in [0.25, 0.3) is 0 Å². The predicted molar refractivity (Wildman–Crippen MR) is 131 cm³/mol. The molecule has 0 spiro atoms. The summed E-state index contributed by atoms with van der Waals surface area (Å²) in [5.74, 6) is 0.752. The van der Waals surface area contributed by atoms with E-state index in [0.29, 0.717) is 17.1 Å². The molecule has 0 aliphatic carbocycles. The molecule has 0 heterocycles. The van der Waals surface area contributed by atoms with E-state index >= 15 is 0 Å². The highest BCUT2D eigenvalue weighted by atomic mass is 16.5. The van der Waals surface area contributed by atoms with E-state index in [2.05, 4.69) is 76.0 Å². The number of hydrogen-bond donors (Lipinski definition) is 1. The molecule has 0 bridgehead atoms. The fraction of sp³-hybridized carbons (Fsp3) is 0.333. The highest BCUT2D eigenvalue weighted by molar-refractivity contribution is 5.74. The van der Waals surface area contributed by atoms with Gasteiger partial charge in [0.2, 0.25) is 0 Å². The standard InChI is InChI=1S/C27H33N3O/c1-26(2,3)20-16-21(27(4,5)6)25(31-7)24(17-20)30-29-23-15-19(13-14-22(23)28)18-11-9-8-10-12-18/h8-17H,28H2,1-7H3. The minimum atomic E-state index is -0.0941. The number of rotatable bonds is 4. The molecule has 0 unspecified atom stereocenters. The Bertz CT molecular complexity index is 1090. The van der Waals surface area contributed by atoms with Crippen molar-refractivity contribution in [3.63, 3.8) is 0 Å². The lowest BCUT2D eigenvalue weighted by Gasteiger charge is -2.27. The van der Waals surface area contributed by atoms with E-state index in [1.54, 1.807) is 7.11 Å². The quantitative estimate of drug-likeness (QED) is 0.347. The molecule has 3 aromatic carbocycles. The molecule has 0 aromatic heterocycles. The molecule has 31 heavy (non-hydrogen) atoms. The maximum atomic E-state index is 6.22. The summed E-state index contributed by atoms with van der Waals surface area (Å²) < 4.78 is 5.80. The highest BCUT2D eigenvalue weighted by Crippen LogP contribution is 2.43. The first kappa shape index (κ1) is 22.5. The zero-order valence-corrected chi connectivity index (χ0v) is 19.7. The third kappa shape index (κ3) is 5.13. The summed E-state index contributed by atoms with van der Waals surface area (Å²) in [7, 11) is 1.69. The van der Waals surface area contributed by atoms with Crippen LogP contribution in [-0.4, -0.2) is 7.11 Å². The zero-order chi connectivity index (χ0) is 22.8. The van der Waals surface area contributed by atoms with Gasteiger partial charge in [-0.1, -0.05) is 84.0 Å². The van der Waals surface area contributed by atoms with Crippen molar-refractivity contribution in [3.05, 3.63) is 71.8 Å². The van der Waals surface area contributed by atoms with Crippen LogP contribution < -0.4 is 10.5 Å². The van der Waals surface area contributed by atoms with Crippen LogP contribution in [0.1, 0.15) is 52.7 Å². The molecule has 0 fully saturated rings. The van der Waals surface area contributed by atoms with Crippen molar-refractivity contribution in [1.29, 1.82) is 0 Å². The number of benzene rings is 3. The van der Waals surface area contributed by atoms with Gasteiger partial charge in [0, 0.05) is 5.56 Å². The summed E-state index contributed by atoms with van der Waals surface area (Å²) in [6.07, 6.45) is 0. The van der Waals surface area contributed by atoms with Crippen molar-refractivity contribution < 1.29 is 4.74 Å². The Balaban J connectivity index is 2.12. The second-order valence-electron chi connectivity index (χ2n) is 9.92. The Hall–Kier alpha value is -3.14. The van der Waals surface area contributed by atoms with E-state index in [0.717, 1.165) is 22.4 Å². The average molecular weight is 416 g/mol. The summed E-state index contributed by atoms with van der Waals surface area (Å²) in [6, 6.07) is 20.3. The minimum absolute atomic E-state index is 0.0250. The van der Waals surface area contributed by atoms with E-state index in [1.807, 2.05) is 36.4 Å². The van der Waals surface area contributed by atoms with Gasteiger partial charge in [-0.3, -0.25) is 0 Å². The van der Waals surface area contributed by atoms with Gasteiger partial charge in [-0.15, -0.1) is 10.2 Å². The number of nitrogens with two attached hydrogens (primary N) is 1. The van der Waals surface area contributed by atoms with Gasteiger partial charge in [-0.05, 0) is 45.7 Å². The molecule has 0 radical (unpaired) electrons. The number of methoxy groups -OCH3 is 1. The monoisotopic (exact) mass is 415 g/mol. The van der Waals surface area contributed by atoms with E-state index in [-0.39, 0.29) is 10.8 Å². The first-order valence-electron chi connectivity index (χ1n) is 10.6. The van der Waals surface area contributed by atoms with Crippen molar-refractivity contribution in [2.75, 3.05) is 12.8 Å². The lowest BCUT2D eigenvalue weighted by atomic mass is 9.80. The second kappa shape index (κ2) is 8.54. The number of azo groups is 1. The molecule has 162 valence electrons. The lowest BCUT2D eigenvalue weighted by Crippen LogP contribution is -2.17. The Morgan fingerprint density at radius 1 is 0.710 bits per heavy atom. The Morgan fingerprint density at radius 2 is 1.35 bits per heavy atom. The third-order valence-corrected chi connectivity index (χ3v) is 5.35. The highest BCUT2D eigenvalue weighted by Gasteiger charge is 2.26. The molecule has 0 atom stereocenters. The van der Waals surface area contributed by atoms with Crippen LogP contribution in [0, 0.1) is 0 Å². The van der Waals surface area contributed by atoms with Crippen LogP contribution in [0.15, 0.2) is 70.9 Å². The molecule has 0 aliphatic rings. The second-order valence-corrected chi connectivity index (χ2v) is 9.92. The van der Waals surface area contributed by atoms with Crippen molar-refractivity contribution in [3.8, 4) is 16.9 Å². The summed E-state index contributed by atoms with van der Waals surface area (Å²) in [4.78, 5) is 0. The molecule has 3 rings (SSSR count). The molecule has 0 aliphatic heterocycles.